The first-order chi connectivity index (χ1) is 19.4. The first kappa shape index (κ1) is 24.7. The molecule has 3 aliphatic heterocycles. The number of nitrogens with zero attached hydrogens (tertiary/aromatic N) is 1. The summed E-state index contributed by atoms with van der Waals surface area (Å²) in [4.78, 5) is 45.8. The predicted octanol–water partition coefficient (Wildman–Crippen LogP) is 6.70. The highest BCUT2D eigenvalue weighted by molar-refractivity contribution is 9.10. The van der Waals surface area contributed by atoms with Crippen LogP contribution in [-0.4, -0.2) is 29.6 Å². The van der Waals surface area contributed by atoms with Gasteiger partial charge >= 0.3 is 0 Å². The maximum absolute atomic E-state index is 14.8. The van der Waals surface area contributed by atoms with E-state index in [1.54, 1.807) is 24.3 Å². The van der Waals surface area contributed by atoms with E-state index in [0.29, 0.717) is 16.8 Å². The third kappa shape index (κ3) is 3.35. The number of amides is 1. The predicted molar refractivity (Wildman–Crippen MR) is 160 cm³/mol. The Hall–Kier alpha value is -4.29. The van der Waals surface area contributed by atoms with Gasteiger partial charge in [-0.05, 0) is 42.3 Å². The van der Waals surface area contributed by atoms with Crippen molar-refractivity contribution in [1.82, 2.24) is 0 Å². The van der Waals surface area contributed by atoms with Gasteiger partial charge in [-0.1, -0.05) is 101 Å². The van der Waals surface area contributed by atoms with Gasteiger partial charge in [-0.15, -0.1) is 0 Å². The third-order valence-corrected chi connectivity index (χ3v) is 9.15. The minimum Gasteiger partial charge on any atom is -0.352 e. The quantitative estimate of drug-likeness (QED) is 0.269. The Labute approximate surface area is 240 Å². The fourth-order valence-corrected chi connectivity index (χ4v) is 7.22. The van der Waals surface area contributed by atoms with Crippen LogP contribution in [-0.2, 0) is 10.2 Å². The van der Waals surface area contributed by atoms with Crippen molar-refractivity contribution >= 4 is 50.4 Å². The van der Waals surface area contributed by atoms with Crippen LogP contribution >= 0.6 is 15.9 Å². The van der Waals surface area contributed by atoms with E-state index in [4.69, 9.17) is 0 Å². The van der Waals surface area contributed by atoms with Gasteiger partial charge in [0.2, 0.25) is 5.91 Å². The zero-order valence-corrected chi connectivity index (χ0v) is 23.3. The molecule has 0 radical (unpaired) electrons. The summed E-state index contributed by atoms with van der Waals surface area (Å²) in [6.07, 6.45) is 2.07. The van der Waals surface area contributed by atoms with Crippen LogP contribution in [0.4, 0.5) is 11.4 Å². The molecule has 4 atom stereocenters. The standard InChI is InChI=1S/C34H25BrN2O3/c1-20-19-28-34(25-12-6-7-13-26(25)36-33(34)40)29(31(38)22-15-17-23(35)18-16-22)30(32(39)21-9-3-2-4-10-21)37(28)27-14-8-5-11-24(20)27/h2-19,28-30H,1H3,(H,36,40). The van der Waals surface area contributed by atoms with Crippen LogP contribution in [0, 0.1) is 5.92 Å². The number of anilines is 2. The van der Waals surface area contributed by atoms with Gasteiger partial charge < -0.3 is 10.2 Å². The highest BCUT2D eigenvalue weighted by Crippen LogP contribution is 2.58. The molecule has 1 fully saturated rings. The molecule has 3 heterocycles. The molecule has 4 unspecified atom stereocenters. The van der Waals surface area contributed by atoms with Gasteiger partial charge in [0.25, 0.3) is 0 Å². The zero-order valence-electron chi connectivity index (χ0n) is 21.7. The number of carbonyl (C=O) groups is 3. The molecule has 1 amide bonds. The third-order valence-electron chi connectivity index (χ3n) is 8.62. The van der Waals surface area contributed by atoms with Gasteiger partial charge in [0.05, 0.1) is 12.0 Å². The van der Waals surface area contributed by atoms with Crippen LogP contribution in [0.5, 0.6) is 0 Å². The highest BCUT2D eigenvalue weighted by Gasteiger charge is 2.70. The Balaban J connectivity index is 1.56. The van der Waals surface area contributed by atoms with Crippen LogP contribution in [0.25, 0.3) is 5.57 Å². The maximum atomic E-state index is 14.8. The number of nitrogens with one attached hydrogen (secondary N) is 1. The molecule has 3 aliphatic rings. The van der Waals surface area contributed by atoms with Crippen LogP contribution < -0.4 is 10.2 Å². The van der Waals surface area contributed by atoms with Crippen molar-refractivity contribution in [3.8, 4) is 0 Å². The Morgan fingerprint density at radius 3 is 2.23 bits per heavy atom. The first-order valence-electron chi connectivity index (χ1n) is 13.3. The van der Waals surface area contributed by atoms with Crippen molar-refractivity contribution in [3.63, 3.8) is 0 Å². The van der Waals surface area contributed by atoms with E-state index in [0.717, 1.165) is 26.9 Å². The molecule has 0 saturated carbocycles. The summed E-state index contributed by atoms with van der Waals surface area (Å²) in [6, 6.07) is 30.3. The summed E-state index contributed by atoms with van der Waals surface area (Å²) >= 11 is 3.46. The molecule has 0 bridgehead atoms. The minimum atomic E-state index is -1.31. The number of allylic oxidation sites excluding steroid dienone is 1. The number of ketones is 2. The van der Waals surface area contributed by atoms with E-state index in [2.05, 4.69) is 27.3 Å². The van der Waals surface area contributed by atoms with Crippen molar-refractivity contribution in [2.45, 2.75) is 24.4 Å². The molecule has 1 saturated heterocycles. The Morgan fingerprint density at radius 1 is 0.800 bits per heavy atom. The van der Waals surface area contributed by atoms with Crippen molar-refractivity contribution in [2.24, 2.45) is 5.92 Å². The second-order valence-corrected chi connectivity index (χ2v) is 11.5. The summed E-state index contributed by atoms with van der Waals surface area (Å²) in [5.74, 6) is -1.65. The van der Waals surface area contributed by atoms with Crippen molar-refractivity contribution in [2.75, 3.05) is 10.2 Å². The van der Waals surface area contributed by atoms with E-state index in [9.17, 15) is 14.4 Å². The van der Waals surface area contributed by atoms with Gasteiger partial charge in [-0.25, -0.2) is 0 Å². The lowest BCUT2D eigenvalue weighted by Crippen LogP contribution is -2.51. The summed E-state index contributed by atoms with van der Waals surface area (Å²) in [5, 5.41) is 3.08. The molecule has 0 aromatic heterocycles. The summed E-state index contributed by atoms with van der Waals surface area (Å²) in [6.45, 7) is 2.03. The van der Waals surface area contributed by atoms with Crippen LogP contribution in [0.2, 0.25) is 0 Å². The fraction of sp³-hybridized carbons (Fsp3) is 0.147. The van der Waals surface area contributed by atoms with E-state index >= 15 is 0 Å². The summed E-state index contributed by atoms with van der Waals surface area (Å²) in [5.41, 5.74) is 3.93. The number of benzene rings is 4. The molecule has 6 heteroatoms. The van der Waals surface area contributed by atoms with Crippen molar-refractivity contribution < 1.29 is 14.4 Å². The van der Waals surface area contributed by atoms with Crippen LogP contribution in [0.1, 0.15) is 38.8 Å². The number of hydrogen-bond donors (Lipinski definition) is 1. The zero-order chi connectivity index (χ0) is 27.6. The van der Waals surface area contributed by atoms with E-state index in [1.807, 2.05) is 90.7 Å². The SMILES string of the molecule is CC1=CC2N(c3ccccc31)C(C(=O)c1ccccc1)C(C(=O)c1ccc(Br)cc1)C21C(=O)Nc2ccccc21. The smallest absolute Gasteiger partial charge is 0.238 e. The van der Waals surface area contributed by atoms with Crippen LogP contribution in [0.15, 0.2) is 114 Å². The van der Waals surface area contributed by atoms with Gasteiger partial charge in [0.15, 0.2) is 11.6 Å². The molecule has 196 valence electrons. The first-order valence-corrected chi connectivity index (χ1v) is 14.1. The Bertz CT molecular complexity index is 1730. The normalized spacial score (nSPS) is 24.1. The molecule has 7 rings (SSSR count). The second kappa shape index (κ2) is 9.14. The number of fused-ring (bicyclic) bond motifs is 6. The number of carbonyl (C=O) groups excluding carboxylic acids is 3. The molecule has 40 heavy (non-hydrogen) atoms. The summed E-state index contributed by atoms with van der Waals surface area (Å²) in [7, 11) is 0. The Morgan fingerprint density at radius 2 is 1.45 bits per heavy atom. The fourth-order valence-electron chi connectivity index (χ4n) is 6.95. The lowest BCUT2D eigenvalue weighted by molar-refractivity contribution is -0.121. The lowest BCUT2D eigenvalue weighted by atomic mass is 9.64. The van der Waals surface area contributed by atoms with E-state index in [1.165, 1.54) is 0 Å². The molecule has 0 aliphatic carbocycles. The Kier molecular flexibility index (Phi) is 5.65. The van der Waals surface area contributed by atoms with Gasteiger partial charge in [-0.2, -0.15) is 0 Å². The largest absolute Gasteiger partial charge is 0.352 e. The number of hydrogen-bond acceptors (Lipinski definition) is 4. The number of halogens is 1. The molecular formula is C34H25BrN2O3. The van der Waals surface area contributed by atoms with Crippen molar-refractivity contribution in [1.29, 1.82) is 0 Å². The summed E-state index contributed by atoms with van der Waals surface area (Å²) < 4.78 is 0.843. The monoisotopic (exact) mass is 588 g/mol. The number of Topliss-reactive ketones (excluding diaryl/α,β-unsaturated/α-hetero) is 2. The van der Waals surface area contributed by atoms with Gasteiger partial charge in [0.1, 0.15) is 11.5 Å². The van der Waals surface area contributed by atoms with Gasteiger partial charge in [-0.3, -0.25) is 14.4 Å². The number of rotatable bonds is 4. The molecule has 1 spiro atoms. The lowest BCUT2D eigenvalue weighted by Gasteiger charge is -2.39. The topological polar surface area (TPSA) is 66.5 Å². The second-order valence-electron chi connectivity index (χ2n) is 10.6. The average Bonchev–Trinajstić information content (AvgIpc) is 3.45. The maximum Gasteiger partial charge on any atom is 0.238 e. The molecule has 5 nitrogen and oxygen atoms in total. The molecule has 4 aromatic carbocycles. The average molecular weight is 589 g/mol. The highest BCUT2D eigenvalue weighted by atomic mass is 79.9. The minimum absolute atomic E-state index is 0.183. The molecule has 1 N–H and O–H groups in total. The molecular weight excluding hydrogens is 564 g/mol. The molecule has 4 aromatic rings. The van der Waals surface area contributed by atoms with E-state index in [-0.39, 0.29) is 17.5 Å². The van der Waals surface area contributed by atoms with Crippen molar-refractivity contribution in [3.05, 3.63) is 136 Å². The van der Waals surface area contributed by atoms with E-state index < -0.39 is 23.4 Å². The number of para-hydroxylation sites is 2. The van der Waals surface area contributed by atoms with Gasteiger partial charge in [0, 0.05) is 32.5 Å². The van der Waals surface area contributed by atoms with Crippen LogP contribution in [0.3, 0.4) is 0 Å².